The minimum atomic E-state index is 0.0824. The van der Waals surface area contributed by atoms with Gasteiger partial charge in [-0.1, -0.05) is 18.2 Å². The number of fused-ring (bicyclic) bond motifs is 2. The smallest absolute Gasteiger partial charge is 0.150 e. The van der Waals surface area contributed by atoms with E-state index in [1.165, 1.54) is 4.80 Å². The van der Waals surface area contributed by atoms with E-state index in [0.29, 0.717) is 12.1 Å². The molecule has 0 fully saturated rings. The van der Waals surface area contributed by atoms with Crippen molar-refractivity contribution in [2.75, 3.05) is 6.61 Å². The standard InChI is InChI=1S/C19H20N4O2/c1-12-4-2-5-16-18(12)22-23(21-16)17-8-7-13-14(19(17)25)9-10-20-15(13)6-3-11-24/h2,4-5,7-10,15,20,24-25H,3,6,11H2,1H3. The van der Waals surface area contributed by atoms with Crippen LogP contribution in [-0.4, -0.2) is 31.8 Å². The van der Waals surface area contributed by atoms with E-state index in [0.717, 1.165) is 34.1 Å². The van der Waals surface area contributed by atoms with Crippen LogP contribution in [0.4, 0.5) is 0 Å². The van der Waals surface area contributed by atoms with E-state index >= 15 is 0 Å². The molecule has 1 unspecified atom stereocenters. The third-order valence-electron chi connectivity index (χ3n) is 4.63. The van der Waals surface area contributed by atoms with E-state index in [4.69, 9.17) is 5.11 Å². The Morgan fingerprint density at radius 1 is 1.20 bits per heavy atom. The average Bonchev–Trinajstić information content (AvgIpc) is 3.06. The molecule has 3 N–H and O–H groups in total. The molecule has 128 valence electrons. The van der Waals surface area contributed by atoms with Gasteiger partial charge >= 0.3 is 0 Å². The highest BCUT2D eigenvalue weighted by Crippen LogP contribution is 2.36. The van der Waals surface area contributed by atoms with Gasteiger partial charge < -0.3 is 15.5 Å². The van der Waals surface area contributed by atoms with Gasteiger partial charge in [0.25, 0.3) is 0 Å². The number of hydrogen-bond donors (Lipinski definition) is 3. The molecule has 6 heteroatoms. The van der Waals surface area contributed by atoms with Crippen molar-refractivity contribution in [1.29, 1.82) is 0 Å². The molecule has 1 aliphatic rings. The van der Waals surface area contributed by atoms with Crippen LogP contribution in [0.2, 0.25) is 0 Å². The Bertz CT molecular complexity index is 961. The normalized spacial score (nSPS) is 16.0. The van der Waals surface area contributed by atoms with Gasteiger partial charge in [0, 0.05) is 12.2 Å². The summed E-state index contributed by atoms with van der Waals surface area (Å²) in [6.07, 6.45) is 5.21. The summed E-state index contributed by atoms with van der Waals surface area (Å²) in [4.78, 5) is 1.49. The Balaban J connectivity index is 1.79. The zero-order valence-electron chi connectivity index (χ0n) is 14.0. The highest BCUT2D eigenvalue weighted by atomic mass is 16.3. The molecule has 0 spiro atoms. The second-order valence-electron chi connectivity index (χ2n) is 6.29. The lowest BCUT2D eigenvalue weighted by Crippen LogP contribution is -2.20. The van der Waals surface area contributed by atoms with Crippen LogP contribution in [0.3, 0.4) is 0 Å². The molecule has 3 aromatic rings. The van der Waals surface area contributed by atoms with Crippen LogP contribution < -0.4 is 5.32 Å². The summed E-state index contributed by atoms with van der Waals surface area (Å²) in [5.41, 5.74) is 5.03. The van der Waals surface area contributed by atoms with Crippen molar-refractivity contribution in [3.63, 3.8) is 0 Å². The number of phenolic OH excluding ortho intramolecular Hbond substituents is 1. The predicted octanol–water partition coefficient (Wildman–Crippen LogP) is 2.82. The second-order valence-corrected chi connectivity index (χ2v) is 6.29. The molecule has 0 aliphatic carbocycles. The van der Waals surface area contributed by atoms with Gasteiger partial charge in [0.15, 0.2) is 5.75 Å². The molecule has 0 saturated heterocycles. The number of aromatic nitrogens is 3. The first-order chi connectivity index (χ1) is 12.2. The maximum atomic E-state index is 10.8. The number of aliphatic hydroxyl groups excluding tert-OH is 1. The number of aliphatic hydroxyl groups is 1. The minimum absolute atomic E-state index is 0.0824. The summed E-state index contributed by atoms with van der Waals surface area (Å²) < 4.78 is 0. The van der Waals surface area contributed by atoms with Crippen LogP contribution in [0.25, 0.3) is 22.8 Å². The maximum absolute atomic E-state index is 10.8. The quantitative estimate of drug-likeness (QED) is 0.682. The lowest BCUT2D eigenvalue weighted by atomic mass is 9.93. The molecule has 1 aromatic heterocycles. The van der Waals surface area contributed by atoms with Gasteiger partial charge in [-0.2, -0.15) is 0 Å². The lowest BCUT2D eigenvalue weighted by Gasteiger charge is -2.24. The van der Waals surface area contributed by atoms with Crippen molar-refractivity contribution in [2.45, 2.75) is 25.8 Å². The molecule has 0 bridgehead atoms. The Hall–Kier alpha value is -2.86. The number of hydrogen-bond acceptors (Lipinski definition) is 5. The monoisotopic (exact) mass is 336 g/mol. The number of rotatable bonds is 4. The predicted molar refractivity (Wildman–Crippen MR) is 96.5 cm³/mol. The van der Waals surface area contributed by atoms with Gasteiger partial charge in [-0.3, -0.25) is 0 Å². The summed E-state index contributed by atoms with van der Waals surface area (Å²) >= 11 is 0. The van der Waals surface area contributed by atoms with Crippen molar-refractivity contribution < 1.29 is 10.2 Å². The summed E-state index contributed by atoms with van der Waals surface area (Å²) in [5.74, 6) is 0.169. The van der Waals surface area contributed by atoms with Gasteiger partial charge in [-0.25, -0.2) is 0 Å². The Kier molecular flexibility index (Phi) is 3.89. The van der Waals surface area contributed by atoms with E-state index in [9.17, 15) is 5.11 Å². The van der Waals surface area contributed by atoms with Crippen molar-refractivity contribution in [3.05, 3.63) is 53.2 Å². The summed E-state index contributed by atoms with van der Waals surface area (Å²) in [6, 6.07) is 9.77. The van der Waals surface area contributed by atoms with E-state index in [1.807, 2.05) is 49.5 Å². The zero-order valence-corrected chi connectivity index (χ0v) is 14.0. The molecule has 2 aromatic carbocycles. The highest BCUT2D eigenvalue weighted by Gasteiger charge is 2.22. The van der Waals surface area contributed by atoms with E-state index in [1.54, 1.807) is 0 Å². The Labute approximate surface area is 145 Å². The summed E-state index contributed by atoms with van der Waals surface area (Å²) in [7, 11) is 0. The summed E-state index contributed by atoms with van der Waals surface area (Å²) in [5, 5.41) is 32.2. The SMILES string of the molecule is Cc1cccc2nn(-c3ccc4c(c3O)C=CNC4CCCO)nc12. The number of benzene rings is 2. The topological polar surface area (TPSA) is 83.2 Å². The number of phenols is 1. The fraction of sp³-hybridized carbons (Fsp3) is 0.263. The number of nitrogens with one attached hydrogen (secondary N) is 1. The Morgan fingerprint density at radius 3 is 2.88 bits per heavy atom. The molecule has 1 aliphatic heterocycles. The first-order valence-corrected chi connectivity index (χ1v) is 8.41. The number of aromatic hydroxyl groups is 1. The maximum Gasteiger partial charge on any atom is 0.150 e. The second kappa shape index (κ2) is 6.22. The molecule has 1 atom stereocenters. The van der Waals surface area contributed by atoms with Crippen LogP contribution in [0.1, 0.15) is 35.6 Å². The van der Waals surface area contributed by atoms with Gasteiger partial charge in [-0.05, 0) is 55.3 Å². The van der Waals surface area contributed by atoms with Crippen LogP contribution in [0.5, 0.6) is 5.75 Å². The molecule has 25 heavy (non-hydrogen) atoms. The third-order valence-corrected chi connectivity index (χ3v) is 4.63. The molecule has 6 nitrogen and oxygen atoms in total. The van der Waals surface area contributed by atoms with Crippen molar-refractivity contribution in [1.82, 2.24) is 20.3 Å². The third kappa shape index (κ3) is 2.64. The van der Waals surface area contributed by atoms with Gasteiger partial charge in [0.1, 0.15) is 16.7 Å². The largest absolute Gasteiger partial charge is 0.505 e. The molecule has 0 saturated carbocycles. The average molecular weight is 336 g/mol. The molecular weight excluding hydrogens is 316 g/mol. The zero-order chi connectivity index (χ0) is 17.4. The van der Waals surface area contributed by atoms with Crippen molar-refractivity contribution >= 4 is 17.1 Å². The number of aryl methyl sites for hydroxylation is 1. The Morgan fingerprint density at radius 2 is 2.08 bits per heavy atom. The van der Waals surface area contributed by atoms with E-state index in [2.05, 4.69) is 15.5 Å². The molecule has 0 amide bonds. The van der Waals surface area contributed by atoms with Crippen LogP contribution in [-0.2, 0) is 0 Å². The molecule has 4 rings (SSSR count). The summed E-state index contributed by atoms with van der Waals surface area (Å²) in [6.45, 7) is 2.15. The first-order valence-electron chi connectivity index (χ1n) is 8.41. The van der Waals surface area contributed by atoms with Gasteiger partial charge in [0.05, 0.1) is 6.04 Å². The van der Waals surface area contributed by atoms with E-state index in [-0.39, 0.29) is 18.4 Å². The first kappa shape index (κ1) is 15.7. The number of nitrogens with zero attached hydrogens (tertiary/aromatic N) is 3. The minimum Gasteiger partial charge on any atom is -0.505 e. The van der Waals surface area contributed by atoms with Crippen LogP contribution in [0.15, 0.2) is 36.5 Å². The molecular formula is C19H20N4O2. The van der Waals surface area contributed by atoms with Crippen molar-refractivity contribution in [3.8, 4) is 11.4 Å². The fourth-order valence-electron chi connectivity index (χ4n) is 3.31. The molecule has 0 radical (unpaired) electrons. The van der Waals surface area contributed by atoms with Crippen LogP contribution in [0, 0.1) is 6.92 Å². The highest BCUT2D eigenvalue weighted by molar-refractivity contribution is 5.78. The van der Waals surface area contributed by atoms with Crippen molar-refractivity contribution in [2.24, 2.45) is 0 Å². The lowest BCUT2D eigenvalue weighted by molar-refractivity contribution is 0.277. The van der Waals surface area contributed by atoms with Gasteiger partial charge in [0.2, 0.25) is 0 Å². The fourth-order valence-corrected chi connectivity index (χ4v) is 3.31. The van der Waals surface area contributed by atoms with E-state index < -0.39 is 0 Å². The van der Waals surface area contributed by atoms with Gasteiger partial charge in [-0.15, -0.1) is 15.0 Å². The van der Waals surface area contributed by atoms with Crippen LogP contribution >= 0.6 is 0 Å². The molecule has 2 heterocycles.